The molecule has 1 aliphatic heterocycles. The van der Waals surface area contributed by atoms with E-state index >= 15 is 0 Å². The van der Waals surface area contributed by atoms with Gasteiger partial charge in [-0.3, -0.25) is 9.69 Å². The van der Waals surface area contributed by atoms with Crippen LogP contribution in [-0.2, 0) is 11.3 Å². The van der Waals surface area contributed by atoms with Gasteiger partial charge in [-0.25, -0.2) is 8.78 Å². The van der Waals surface area contributed by atoms with Crippen LogP contribution in [-0.4, -0.2) is 55.0 Å². The number of benzene rings is 1. The zero-order chi connectivity index (χ0) is 17.7. The summed E-state index contributed by atoms with van der Waals surface area (Å²) >= 11 is 0. The largest absolute Gasteiger partial charge is 0.349 e. The summed E-state index contributed by atoms with van der Waals surface area (Å²) in [6.45, 7) is 3.84. The van der Waals surface area contributed by atoms with Crippen LogP contribution in [0.3, 0.4) is 0 Å². The molecule has 1 heterocycles. The van der Waals surface area contributed by atoms with E-state index < -0.39 is 11.6 Å². The molecule has 1 saturated heterocycles. The summed E-state index contributed by atoms with van der Waals surface area (Å²) in [6, 6.07) is 4.30. The fraction of sp³-hybridized carbons (Fsp3) is 0.611. The molecule has 1 aromatic rings. The van der Waals surface area contributed by atoms with Crippen LogP contribution in [0.4, 0.5) is 8.78 Å². The van der Waals surface area contributed by atoms with E-state index in [0.717, 1.165) is 25.9 Å². The van der Waals surface area contributed by atoms with Crippen molar-refractivity contribution in [3.8, 4) is 0 Å². The highest BCUT2D eigenvalue weighted by molar-refractivity contribution is 5.76. The number of rotatable bonds is 6. The Labute approximate surface area is 142 Å². The molecule has 2 atom stereocenters. The van der Waals surface area contributed by atoms with Gasteiger partial charge in [0.1, 0.15) is 11.6 Å². The summed E-state index contributed by atoms with van der Waals surface area (Å²) in [5.41, 5.74) is 0.133. The lowest BCUT2D eigenvalue weighted by Crippen LogP contribution is -2.49. The van der Waals surface area contributed by atoms with E-state index in [4.69, 9.17) is 0 Å². The first-order valence-electron chi connectivity index (χ1n) is 8.48. The minimum absolute atomic E-state index is 0.0787. The number of carbonyl (C=O) groups excluding carboxylic acids is 1. The van der Waals surface area contributed by atoms with Gasteiger partial charge in [-0.1, -0.05) is 6.07 Å². The van der Waals surface area contributed by atoms with Crippen LogP contribution in [0.5, 0.6) is 0 Å². The van der Waals surface area contributed by atoms with Gasteiger partial charge in [0.2, 0.25) is 5.91 Å². The van der Waals surface area contributed by atoms with Crippen molar-refractivity contribution in [1.29, 1.82) is 0 Å². The Hall–Kier alpha value is -1.53. The molecule has 1 N–H and O–H groups in total. The van der Waals surface area contributed by atoms with Gasteiger partial charge in [0.15, 0.2) is 0 Å². The molecule has 0 bridgehead atoms. The zero-order valence-corrected chi connectivity index (χ0v) is 14.7. The molecular formula is C18H27F2N3O. The van der Waals surface area contributed by atoms with Gasteiger partial charge >= 0.3 is 0 Å². The number of hydrogen-bond donors (Lipinski definition) is 1. The minimum atomic E-state index is -0.491. The Morgan fingerprint density at radius 3 is 2.67 bits per heavy atom. The highest BCUT2D eigenvalue weighted by Gasteiger charge is 2.23. The monoisotopic (exact) mass is 339 g/mol. The van der Waals surface area contributed by atoms with Gasteiger partial charge in [0.05, 0.1) is 0 Å². The summed E-state index contributed by atoms with van der Waals surface area (Å²) < 4.78 is 27.6. The molecule has 1 aliphatic rings. The smallest absolute Gasteiger partial charge is 0.223 e. The Bertz CT molecular complexity index is 545. The van der Waals surface area contributed by atoms with Crippen LogP contribution in [0, 0.1) is 11.6 Å². The summed E-state index contributed by atoms with van der Waals surface area (Å²) in [7, 11) is 3.50. The molecule has 0 saturated carbocycles. The Morgan fingerprint density at radius 2 is 2.04 bits per heavy atom. The average Bonchev–Trinajstić information content (AvgIpc) is 2.51. The maximum atomic E-state index is 13.8. The second kappa shape index (κ2) is 8.53. The molecule has 24 heavy (non-hydrogen) atoms. The van der Waals surface area contributed by atoms with E-state index in [0.29, 0.717) is 6.42 Å². The highest BCUT2D eigenvalue weighted by Crippen LogP contribution is 2.18. The van der Waals surface area contributed by atoms with Crippen molar-refractivity contribution in [3.63, 3.8) is 0 Å². The number of carbonyl (C=O) groups is 1. The van der Waals surface area contributed by atoms with E-state index in [1.54, 1.807) is 19.0 Å². The van der Waals surface area contributed by atoms with E-state index in [-0.39, 0.29) is 30.1 Å². The van der Waals surface area contributed by atoms with Crippen molar-refractivity contribution < 1.29 is 13.6 Å². The van der Waals surface area contributed by atoms with Crippen LogP contribution in [0.25, 0.3) is 0 Å². The first-order chi connectivity index (χ1) is 11.4. The number of nitrogens with one attached hydrogen (secondary N) is 1. The predicted octanol–water partition coefficient (Wildman–Crippen LogP) is 2.39. The quantitative estimate of drug-likeness (QED) is 0.864. The number of likely N-dealkylation sites (tertiary alicyclic amines) is 1. The number of halogens is 2. The number of nitrogens with zero attached hydrogens (tertiary/aromatic N) is 2. The first-order valence-corrected chi connectivity index (χ1v) is 8.48. The average molecular weight is 339 g/mol. The van der Waals surface area contributed by atoms with Crippen LogP contribution < -0.4 is 5.32 Å². The molecule has 0 aliphatic carbocycles. The molecule has 1 amide bonds. The molecule has 0 unspecified atom stereocenters. The third kappa shape index (κ3) is 5.24. The van der Waals surface area contributed by atoms with Gasteiger partial charge < -0.3 is 10.2 Å². The summed E-state index contributed by atoms with van der Waals surface area (Å²) in [4.78, 5) is 15.4. The lowest BCUT2D eigenvalue weighted by Gasteiger charge is -2.35. The molecule has 0 radical (unpaired) electrons. The molecular weight excluding hydrogens is 312 g/mol. The molecule has 6 heteroatoms. The molecule has 1 fully saturated rings. The van der Waals surface area contributed by atoms with Crippen molar-refractivity contribution in [2.45, 2.75) is 44.8 Å². The fourth-order valence-corrected chi connectivity index (χ4v) is 3.15. The summed E-state index contributed by atoms with van der Waals surface area (Å²) in [5.74, 6) is -0.888. The molecule has 0 spiro atoms. The predicted molar refractivity (Wildman–Crippen MR) is 90.6 cm³/mol. The van der Waals surface area contributed by atoms with Crippen LogP contribution in [0.2, 0.25) is 0 Å². The molecule has 134 valence electrons. The number of hydrogen-bond acceptors (Lipinski definition) is 3. The standard InChI is InChI=1S/C18H27F2N3O/c1-13(10-18(24)22(2)3)21-14-6-5-9-23(11-14)12-15-16(19)7-4-8-17(15)20/h4,7-8,13-14,21H,5-6,9-12H2,1-3H3/t13-,14-/m1/s1. The van der Waals surface area contributed by atoms with E-state index in [1.807, 2.05) is 6.92 Å². The van der Waals surface area contributed by atoms with E-state index in [2.05, 4.69) is 10.2 Å². The maximum absolute atomic E-state index is 13.8. The zero-order valence-electron chi connectivity index (χ0n) is 14.7. The number of piperidine rings is 1. The molecule has 4 nitrogen and oxygen atoms in total. The third-order valence-corrected chi connectivity index (χ3v) is 4.45. The molecule has 0 aromatic heterocycles. The number of amides is 1. The van der Waals surface area contributed by atoms with Gasteiger partial charge in [-0.05, 0) is 38.4 Å². The normalized spacial score (nSPS) is 20.0. The first kappa shape index (κ1) is 18.8. The Morgan fingerprint density at radius 1 is 1.38 bits per heavy atom. The SMILES string of the molecule is C[C@H](CC(=O)N(C)C)N[C@@H]1CCCN(Cc2c(F)cccc2F)C1. The van der Waals surface area contributed by atoms with Crippen LogP contribution >= 0.6 is 0 Å². The lowest BCUT2D eigenvalue weighted by molar-refractivity contribution is -0.129. The summed E-state index contributed by atoms with van der Waals surface area (Å²) in [6.07, 6.45) is 2.43. The van der Waals surface area contributed by atoms with E-state index in [1.165, 1.54) is 18.2 Å². The fourth-order valence-electron chi connectivity index (χ4n) is 3.15. The molecule has 1 aromatic carbocycles. The maximum Gasteiger partial charge on any atom is 0.223 e. The van der Waals surface area contributed by atoms with Crippen molar-refractivity contribution >= 4 is 5.91 Å². The van der Waals surface area contributed by atoms with Crippen molar-refractivity contribution in [3.05, 3.63) is 35.4 Å². The van der Waals surface area contributed by atoms with Crippen molar-refractivity contribution in [2.75, 3.05) is 27.2 Å². The van der Waals surface area contributed by atoms with E-state index in [9.17, 15) is 13.6 Å². The topological polar surface area (TPSA) is 35.6 Å². The van der Waals surface area contributed by atoms with Crippen LogP contribution in [0.15, 0.2) is 18.2 Å². The molecule has 2 rings (SSSR count). The van der Waals surface area contributed by atoms with Crippen molar-refractivity contribution in [2.24, 2.45) is 0 Å². The van der Waals surface area contributed by atoms with Crippen molar-refractivity contribution in [1.82, 2.24) is 15.1 Å². The van der Waals surface area contributed by atoms with Gasteiger partial charge in [0.25, 0.3) is 0 Å². The second-order valence-electron chi connectivity index (χ2n) is 6.83. The van der Waals surface area contributed by atoms with Gasteiger partial charge in [-0.15, -0.1) is 0 Å². The third-order valence-electron chi connectivity index (χ3n) is 4.45. The highest BCUT2D eigenvalue weighted by atomic mass is 19.1. The lowest BCUT2D eigenvalue weighted by atomic mass is 10.0. The van der Waals surface area contributed by atoms with Crippen LogP contribution in [0.1, 0.15) is 31.7 Å². The second-order valence-corrected chi connectivity index (χ2v) is 6.83. The summed E-state index contributed by atoms with van der Waals surface area (Å²) in [5, 5.41) is 3.47. The van der Waals surface area contributed by atoms with Gasteiger partial charge in [-0.2, -0.15) is 0 Å². The minimum Gasteiger partial charge on any atom is -0.349 e. The van der Waals surface area contributed by atoms with Gasteiger partial charge in [0, 0.05) is 51.3 Å². The Kier molecular flexibility index (Phi) is 6.69. The Balaban J connectivity index is 1.89.